The van der Waals surface area contributed by atoms with Crippen molar-refractivity contribution < 1.29 is 12.8 Å². The van der Waals surface area contributed by atoms with Crippen LogP contribution < -0.4 is 4.90 Å². The molecular formula is C13H13ClFN3O2S2. The minimum Gasteiger partial charge on any atom is -0.345 e. The third kappa shape index (κ3) is 2.96. The van der Waals surface area contributed by atoms with Crippen LogP contribution in [0.15, 0.2) is 34.7 Å². The Morgan fingerprint density at radius 3 is 2.55 bits per heavy atom. The average molecular weight is 362 g/mol. The van der Waals surface area contributed by atoms with E-state index in [-0.39, 0.29) is 9.92 Å². The van der Waals surface area contributed by atoms with Crippen LogP contribution in [0.3, 0.4) is 0 Å². The first-order valence-electron chi connectivity index (χ1n) is 6.58. The molecule has 0 aliphatic carbocycles. The predicted octanol–water partition coefficient (Wildman–Crippen LogP) is 2.45. The number of rotatable bonds is 3. The number of anilines is 1. The molecule has 1 aliphatic rings. The van der Waals surface area contributed by atoms with Crippen LogP contribution >= 0.6 is 22.9 Å². The SMILES string of the molecule is O=S(=O)(c1ccc(Cl)cc1F)N1CCN(c2nccs2)CC1. The van der Waals surface area contributed by atoms with Crippen LogP contribution in [-0.4, -0.2) is 43.9 Å². The summed E-state index contributed by atoms with van der Waals surface area (Å²) in [5.41, 5.74) is 0. The van der Waals surface area contributed by atoms with E-state index in [0.717, 1.165) is 11.2 Å². The Morgan fingerprint density at radius 1 is 1.23 bits per heavy atom. The van der Waals surface area contributed by atoms with Gasteiger partial charge in [0, 0.05) is 42.8 Å². The maximum atomic E-state index is 13.9. The van der Waals surface area contributed by atoms with Gasteiger partial charge in [0.05, 0.1) is 0 Å². The molecule has 1 fully saturated rings. The van der Waals surface area contributed by atoms with Gasteiger partial charge in [-0.2, -0.15) is 4.31 Å². The Bertz CT molecular complexity index is 760. The Morgan fingerprint density at radius 2 is 1.95 bits per heavy atom. The van der Waals surface area contributed by atoms with Gasteiger partial charge >= 0.3 is 0 Å². The molecule has 2 heterocycles. The van der Waals surface area contributed by atoms with Gasteiger partial charge in [0.2, 0.25) is 10.0 Å². The molecule has 1 aromatic carbocycles. The quantitative estimate of drug-likeness (QED) is 0.842. The van der Waals surface area contributed by atoms with E-state index in [1.165, 1.54) is 27.8 Å². The van der Waals surface area contributed by atoms with Crippen molar-refractivity contribution in [2.75, 3.05) is 31.1 Å². The van der Waals surface area contributed by atoms with Crippen LogP contribution in [0.4, 0.5) is 9.52 Å². The number of halogens is 2. The van der Waals surface area contributed by atoms with E-state index in [0.29, 0.717) is 26.2 Å². The van der Waals surface area contributed by atoms with Crippen molar-refractivity contribution in [3.8, 4) is 0 Å². The van der Waals surface area contributed by atoms with E-state index in [1.807, 2.05) is 10.3 Å². The minimum atomic E-state index is -3.85. The Balaban J connectivity index is 1.77. The first kappa shape index (κ1) is 15.7. The molecule has 0 unspecified atom stereocenters. The number of piperazine rings is 1. The second-order valence-corrected chi connectivity index (χ2v) is 8.00. The number of sulfonamides is 1. The van der Waals surface area contributed by atoms with E-state index in [1.54, 1.807) is 6.20 Å². The van der Waals surface area contributed by atoms with Crippen molar-refractivity contribution in [3.05, 3.63) is 40.6 Å². The molecule has 5 nitrogen and oxygen atoms in total. The Kier molecular flexibility index (Phi) is 4.35. The van der Waals surface area contributed by atoms with Crippen LogP contribution in [0.1, 0.15) is 0 Å². The summed E-state index contributed by atoms with van der Waals surface area (Å²) in [6.07, 6.45) is 1.71. The Labute approximate surface area is 137 Å². The van der Waals surface area contributed by atoms with Crippen molar-refractivity contribution in [2.24, 2.45) is 0 Å². The highest BCUT2D eigenvalue weighted by molar-refractivity contribution is 7.89. The van der Waals surface area contributed by atoms with E-state index in [4.69, 9.17) is 11.6 Å². The molecule has 2 aromatic rings. The number of thiazole rings is 1. The van der Waals surface area contributed by atoms with Gasteiger partial charge in [-0.3, -0.25) is 0 Å². The minimum absolute atomic E-state index is 0.171. The molecule has 118 valence electrons. The number of aromatic nitrogens is 1. The van der Waals surface area contributed by atoms with Crippen molar-refractivity contribution in [2.45, 2.75) is 4.90 Å². The van der Waals surface area contributed by atoms with Gasteiger partial charge < -0.3 is 4.90 Å². The van der Waals surface area contributed by atoms with Gasteiger partial charge in [-0.15, -0.1) is 11.3 Å². The highest BCUT2D eigenvalue weighted by Crippen LogP contribution is 2.25. The number of hydrogen-bond acceptors (Lipinski definition) is 5. The molecule has 9 heteroatoms. The van der Waals surface area contributed by atoms with Gasteiger partial charge in [-0.05, 0) is 18.2 Å². The zero-order valence-electron chi connectivity index (χ0n) is 11.4. The topological polar surface area (TPSA) is 53.5 Å². The summed E-state index contributed by atoms with van der Waals surface area (Å²) in [5, 5.41) is 2.92. The van der Waals surface area contributed by atoms with Gasteiger partial charge in [0.25, 0.3) is 0 Å². The molecule has 0 bridgehead atoms. The third-order valence-corrected chi connectivity index (χ3v) is 6.44. The number of hydrogen-bond donors (Lipinski definition) is 0. The summed E-state index contributed by atoms with van der Waals surface area (Å²) in [6, 6.07) is 3.60. The molecule has 0 saturated carbocycles. The zero-order valence-corrected chi connectivity index (χ0v) is 13.8. The first-order chi connectivity index (χ1) is 10.5. The van der Waals surface area contributed by atoms with Gasteiger partial charge in [-0.1, -0.05) is 11.6 Å². The van der Waals surface area contributed by atoms with Crippen LogP contribution in [-0.2, 0) is 10.0 Å². The lowest BCUT2D eigenvalue weighted by molar-refractivity contribution is 0.382. The van der Waals surface area contributed by atoms with E-state index < -0.39 is 15.8 Å². The van der Waals surface area contributed by atoms with Gasteiger partial charge in [-0.25, -0.2) is 17.8 Å². The molecule has 0 spiro atoms. The Hall–Kier alpha value is -1.22. The molecule has 1 aliphatic heterocycles. The fourth-order valence-corrected chi connectivity index (χ4v) is 4.64. The summed E-state index contributed by atoms with van der Waals surface area (Å²) < 4.78 is 40.2. The van der Waals surface area contributed by atoms with Gasteiger partial charge in [0.15, 0.2) is 5.13 Å². The summed E-state index contributed by atoms with van der Waals surface area (Å²) >= 11 is 7.18. The van der Waals surface area contributed by atoms with Gasteiger partial charge in [0.1, 0.15) is 10.7 Å². The normalized spacial score (nSPS) is 16.9. The lowest BCUT2D eigenvalue weighted by Crippen LogP contribution is -2.48. The standard InChI is InChI=1S/C13H13ClFN3O2S2/c14-10-1-2-12(11(15)9-10)22(19,20)18-6-4-17(5-7-18)13-16-3-8-21-13/h1-3,8-9H,4-7H2. The monoisotopic (exact) mass is 361 g/mol. The highest BCUT2D eigenvalue weighted by Gasteiger charge is 2.31. The molecule has 1 aromatic heterocycles. The molecular weight excluding hydrogens is 349 g/mol. The maximum absolute atomic E-state index is 13.9. The van der Waals surface area contributed by atoms with Crippen LogP contribution in [0, 0.1) is 5.82 Å². The average Bonchev–Trinajstić information content (AvgIpc) is 3.01. The maximum Gasteiger partial charge on any atom is 0.246 e. The number of nitrogens with zero attached hydrogens (tertiary/aromatic N) is 3. The summed E-state index contributed by atoms with van der Waals surface area (Å²) in [6.45, 7) is 1.65. The number of benzene rings is 1. The molecule has 0 radical (unpaired) electrons. The fraction of sp³-hybridized carbons (Fsp3) is 0.308. The second-order valence-electron chi connectivity index (χ2n) is 4.78. The molecule has 0 atom stereocenters. The van der Waals surface area contributed by atoms with Crippen molar-refractivity contribution in [1.29, 1.82) is 0 Å². The van der Waals surface area contributed by atoms with Crippen molar-refractivity contribution >= 4 is 38.1 Å². The second kappa shape index (κ2) is 6.11. The van der Waals surface area contributed by atoms with E-state index in [9.17, 15) is 12.8 Å². The smallest absolute Gasteiger partial charge is 0.246 e. The molecule has 22 heavy (non-hydrogen) atoms. The van der Waals surface area contributed by atoms with Crippen molar-refractivity contribution in [1.82, 2.24) is 9.29 Å². The highest BCUT2D eigenvalue weighted by atomic mass is 35.5. The van der Waals surface area contributed by atoms with E-state index >= 15 is 0 Å². The predicted molar refractivity (Wildman–Crippen MR) is 84.5 cm³/mol. The lowest BCUT2D eigenvalue weighted by atomic mass is 10.3. The first-order valence-corrected chi connectivity index (χ1v) is 9.28. The summed E-state index contributed by atoms with van der Waals surface area (Å²) in [7, 11) is -3.85. The van der Waals surface area contributed by atoms with Crippen LogP contribution in [0.2, 0.25) is 5.02 Å². The van der Waals surface area contributed by atoms with Crippen LogP contribution in [0.5, 0.6) is 0 Å². The van der Waals surface area contributed by atoms with Crippen molar-refractivity contribution in [3.63, 3.8) is 0 Å². The molecule has 0 N–H and O–H groups in total. The van der Waals surface area contributed by atoms with Crippen LogP contribution in [0.25, 0.3) is 0 Å². The summed E-state index contributed by atoms with van der Waals surface area (Å²) in [5.74, 6) is -0.824. The lowest BCUT2D eigenvalue weighted by Gasteiger charge is -2.33. The summed E-state index contributed by atoms with van der Waals surface area (Å²) in [4.78, 5) is 5.90. The third-order valence-electron chi connectivity index (χ3n) is 3.44. The van der Waals surface area contributed by atoms with E-state index in [2.05, 4.69) is 4.98 Å². The molecule has 3 rings (SSSR count). The zero-order chi connectivity index (χ0) is 15.7. The molecule has 1 saturated heterocycles. The largest absolute Gasteiger partial charge is 0.345 e. The molecule has 0 amide bonds. The fourth-order valence-electron chi connectivity index (χ4n) is 2.32.